The van der Waals surface area contributed by atoms with E-state index in [4.69, 9.17) is 5.73 Å². The highest BCUT2D eigenvalue weighted by atomic mass is 79.9. The lowest BCUT2D eigenvalue weighted by atomic mass is 9.93. The first kappa shape index (κ1) is 11.9. The minimum atomic E-state index is -1.15. The van der Waals surface area contributed by atoms with E-state index in [2.05, 4.69) is 33.0 Å². The van der Waals surface area contributed by atoms with Crippen molar-refractivity contribution >= 4 is 21.6 Å². The average molecular weight is 287 g/mol. The molecule has 1 fully saturated rings. The van der Waals surface area contributed by atoms with Gasteiger partial charge in [-0.1, -0.05) is 15.9 Å². The van der Waals surface area contributed by atoms with Gasteiger partial charge in [-0.2, -0.15) is 0 Å². The quantitative estimate of drug-likeness (QED) is 0.906. The molecule has 0 saturated carbocycles. The number of anilines is 1. The maximum Gasteiger partial charge on any atom is 0.126 e. The zero-order chi connectivity index (χ0) is 11.6. The first-order valence-electron chi connectivity index (χ1n) is 5.52. The van der Waals surface area contributed by atoms with Crippen molar-refractivity contribution in [2.75, 3.05) is 24.5 Å². The minimum absolute atomic E-state index is 0.140. The lowest BCUT2D eigenvalue weighted by molar-refractivity contribution is 0.135. The van der Waals surface area contributed by atoms with Gasteiger partial charge in [0.1, 0.15) is 5.67 Å². The number of hydrogen-bond donors (Lipinski definition) is 1. The predicted octanol–water partition coefficient (Wildman–Crippen LogP) is 2.72. The van der Waals surface area contributed by atoms with Gasteiger partial charge in [-0.15, -0.1) is 0 Å². The molecule has 1 aromatic rings. The summed E-state index contributed by atoms with van der Waals surface area (Å²) in [4.78, 5) is 2.21. The first-order valence-corrected chi connectivity index (χ1v) is 6.32. The predicted molar refractivity (Wildman–Crippen MR) is 68.5 cm³/mol. The molecule has 0 unspecified atom stereocenters. The molecule has 2 nitrogen and oxygen atoms in total. The van der Waals surface area contributed by atoms with Crippen molar-refractivity contribution in [2.24, 2.45) is 5.73 Å². The summed E-state index contributed by atoms with van der Waals surface area (Å²) in [5.74, 6) is 0. The van der Waals surface area contributed by atoms with Gasteiger partial charge < -0.3 is 10.6 Å². The summed E-state index contributed by atoms with van der Waals surface area (Å²) in [5.41, 5.74) is 5.45. The molecule has 0 radical (unpaired) electrons. The van der Waals surface area contributed by atoms with Crippen LogP contribution in [0.15, 0.2) is 28.7 Å². The van der Waals surface area contributed by atoms with E-state index in [1.54, 1.807) is 0 Å². The number of piperidine rings is 1. The summed E-state index contributed by atoms with van der Waals surface area (Å²) in [6.45, 7) is 1.63. The molecule has 0 atom stereocenters. The Labute approximate surface area is 104 Å². The maximum atomic E-state index is 13.9. The topological polar surface area (TPSA) is 29.3 Å². The molecule has 0 amide bonds. The van der Waals surface area contributed by atoms with Crippen LogP contribution < -0.4 is 10.6 Å². The molecular weight excluding hydrogens is 271 g/mol. The van der Waals surface area contributed by atoms with Gasteiger partial charge in [0.05, 0.1) is 0 Å². The van der Waals surface area contributed by atoms with Crippen molar-refractivity contribution in [3.05, 3.63) is 28.7 Å². The van der Waals surface area contributed by atoms with Crippen molar-refractivity contribution in [1.29, 1.82) is 0 Å². The SMILES string of the molecule is NCC1(F)CCN(c2ccc(Br)cc2)CC1. The van der Waals surface area contributed by atoms with Crippen LogP contribution in [0, 0.1) is 0 Å². The fraction of sp³-hybridized carbons (Fsp3) is 0.500. The fourth-order valence-electron chi connectivity index (χ4n) is 2.02. The van der Waals surface area contributed by atoms with E-state index in [1.807, 2.05) is 12.1 Å². The van der Waals surface area contributed by atoms with Crippen molar-refractivity contribution < 1.29 is 4.39 Å². The van der Waals surface area contributed by atoms with Crippen LogP contribution in [-0.4, -0.2) is 25.3 Å². The van der Waals surface area contributed by atoms with Crippen LogP contribution in [0.25, 0.3) is 0 Å². The van der Waals surface area contributed by atoms with E-state index in [9.17, 15) is 4.39 Å². The Kier molecular flexibility index (Phi) is 3.50. The minimum Gasteiger partial charge on any atom is -0.371 e. The van der Waals surface area contributed by atoms with E-state index in [1.165, 1.54) is 0 Å². The molecule has 1 saturated heterocycles. The molecule has 2 N–H and O–H groups in total. The number of hydrogen-bond acceptors (Lipinski definition) is 2. The van der Waals surface area contributed by atoms with Crippen LogP contribution in [-0.2, 0) is 0 Å². The Bertz CT molecular complexity index is 345. The fourth-order valence-corrected chi connectivity index (χ4v) is 2.29. The molecule has 0 bridgehead atoms. The Morgan fingerprint density at radius 1 is 1.25 bits per heavy atom. The lowest BCUT2D eigenvalue weighted by Gasteiger charge is -2.37. The smallest absolute Gasteiger partial charge is 0.126 e. The Hall–Kier alpha value is -0.610. The molecule has 1 aliphatic heterocycles. The van der Waals surface area contributed by atoms with Crippen LogP contribution in [0.5, 0.6) is 0 Å². The third-order valence-corrected chi connectivity index (χ3v) is 3.75. The third-order valence-electron chi connectivity index (χ3n) is 3.22. The second kappa shape index (κ2) is 4.72. The van der Waals surface area contributed by atoms with Crippen molar-refractivity contribution in [3.63, 3.8) is 0 Å². The van der Waals surface area contributed by atoms with Crippen LogP contribution >= 0.6 is 15.9 Å². The number of nitrogens with zero attached hydrogens (tertiary/aromatic N) is 1. The van der Waals surface area contributed by atoms with E-state index in [0.717, 1.165) is 23.2 Å². The molecular formula is C12H16BrFN2. The molecule has 2 rings (SSSR count). The Morgan fingerprint density at radius 2 is 1.81 bits per heavy atom. The first-order chi connectivity index (χ1) is 7.63. The normalized spacial score (nSPS) is 19.8. The number of benzene rings is 1. The molecule has 16 heavy (non-hydrogen) atoms. The zero-order valence-corrected chi connectivity index (χ0v) is 10.7. The lowest BCUT2D eigenvalue weighted by Crippen LogP contribution is -2.45. The highest BCUT2D eigenvalue weighted by Crippen LogP contribution is 2.29. The standard InChI is InChI=1S/C12H16BrFN2/c13-10-1-3-11(4-2-10)16-7-5-12(14,9-15)6-8-16/h1-4H,5-9,15H2. The van der Waals surface area contributed by atoms with Crippen molar-refractivity contribution in [2.45, 2.75) is 18.5 Å². The van der Waals surface area contributed by atoms with Gasteiger partial charge in [-0.25, -0.2) is 4.39 Å². The monoisotopic (exact) mass is 286 g/mol. The van der Waals surface area contributed by atoms with Crippen molar-refractivity contribution in [1.82, 2.24) is 0 Å². The van der Waals surface area contributed by atoms with Crippen LogP contribution in [0.3, 0.4) is 0 Å². The molecule has 88 valence electrons. The summed E-state index contributed by atoms with van der Waals surface area (Å²) in [5, 5.41) is 0. The Morgan fingerprint density at radius 3 is 2.31 bits per heavy atom. The number of nitrogens with two attached hydrogens (primary N) is 1. The molecule has 0 aromatic heterocycles. The summed E-state index contributed by atoms with van der Waals surface area (Å²) in [6, 6.07) is 8.13. The van der Waals surface area contributed by atoms with Gasteiger partial charge in [-0.05, 0) is 24.3 Å². The molecule has 1 heterocycles. The summed E-state index contributed by atoms with van der Waals surface area (Å²) in [7, 11) is 0. The van der Waals surface area contributed by atoms with E-state index in [-0.39, 0.29) is 6.54 Å². The highest BCUT2D eigenvalue weighted by Gasteiger charge is 2.32. The second-order valence-electron chi connectivity index (χ2n) is 4.32. The van der Waals surface area contributed by atoms with Crippen LogP contribution in [0.4, 0.5) is 10.1 Å². The van der Waals surface area contributed by atoms with Crippen LogP contribution in [0.1, 0.15) is 12.8 Å². The maximum absolute atomic E-state index is 13.9. The summed E-state index contributed by atoms with van der Waals surface area (Å²) < 4.78 is 15.0. The summed E-state index contributed by atoms with van der Waals surface area (Å²) >= 11 is 3.40. The molecule has 0 spiro atoms. The number of halogens is 2. The molecule has 1 aliphatic rings. The summed E-state index contributed by atoms with van der Waals surface area (Å²) in [6.07, 6.45) is 1.05. The van der Waals surface area contributed by atoms with E-state index < -0.39 is 5.67 Å². The van der Waals surface area contributed by atoms with Gasteiger partial charge in [0.25, 0.3) is 0 Å². The second-order valence-corrected chi connectivity index (χ2v) is 5.23. The highest BCUT2D eigenvalue weighted by molar-refractivity contribution is 9.10. The van der Waals surface area contributed by atoms with Crippen LogP contribution in [0.2, 0.25) is 0 Å². The molecule has 4 heteroatoms. The largest absolute Gasteiger partial charge is 0.371 e. The Balaban J connectivity index is 2.01. The zero-order valence-electron chi connectivity index (χ0n) is 9.13. The molecule has 1 aromatic carbocycles. The molecule has 0 aliphatic carbocycles. The third kappa shape index (κ3) is 2.55. The number of alkyl halides is 1. The van der Waals surface area contributed by atoms with E-state index in [0.29, 0.717) is 12.8 Å². The van der Waals surface area contributed by atoms with Gasteiger partial charge in [0, 0.05) is 42.6 Å². The van der Waals surface area contributed by atoms with Gasteiger partial charge >= 0.3 is 0 Å². The average Bonchev–Trinajstić information content (AvgIpc) is 2.32. The van der Waals surface area contributed by atoms with Gasteiger partial charge in [0.15, 0.2) is 0 Å². The number of rotatable bonds is 2. The van der Waals surface area contributed by atoms with Gasteiger partial charge in [0.2, 0.25) is 0 Å². The van der Waals surface area contributed by atoms with Crippen molar-refractivity contribution in [3.8, 4) is 0 Å². The van der Waals surface area contributed by atoms with Gasteiger partial charge in [-0.3, -0.25) is 0 Å². The van der Waals surface area contributed by atoms with E-state index >= 15 is 0 Å².